The highest BCUT2D eigenvalue weighted by atomic mass is 19.1. The van der Waals surface area contributed by atoms with E-state index >= 15 is 0 Å². The van der Waals surface area contributed by atoms with Crippen LogP contribution in [0.1, 0.15) is 12.0 Å². The number of nitrogens with zero attached hydrogens (tertiary/aromatic N) is 1. The summed E-state index contributed by atoms with van der Waals surface area (Å²) in [6, 6.07) is 4.53. The third-order valence-electron chi connectivity index (χ3n) is 3.03. The number of hydrogen-bond donors (Lipinski definition) is 1. The number of halogens is 1. The van der Waals surface area contributed by atoms with Crippen molar-refractivity contribution in [1.82, 2.24) is 0 Å². The zero-order valence-electron chi connectivity index (χ0n) is 9.32. The van der Waals surface area contributed by atoms with Gasteiger partial charge in [0.15, 0.2) is 0 Å². The maximum atomic E-state index is 13.0. The van der Waals surface area contributed by atoms with Crippen LogP contribution in [0.4, 0.5) is 10.1 Å². The largest absolute Gasteiger partial charge is 0.392 e. The molecule has 3 nitrogen and oxygen atoms in total. The molecule has 16 heavy (non-hydrogen) atoms. The van der Waals surface area contributed by atoms with Gasteiger partial charge in [-0.25, -0.2) is 4.39 Å². The van der Waals surface area contributed by atoms with E-state index in [1.165, 1.54) is 12.1 Å². The molecule has 1 saturated heterocycles. The Balaban J connectivity index is 2.20. The lowest BCUT2D eigenvalue weighted by molar-refractivity contribution is 0.121. The molecule has 4 heteroatoms. The Morgan fingerprint density at radius 2 is 2.38 bits per heavy atom. The van der Waals surface area contributed by atoms with E-state index < -0.39 is 0 Å². The van der Waals surface area contributed by atoms with Crippen molar-refractivity contribution >= 4 is 5.69 Å². The van der Waals surface area contributed by atoms with E-state index in [0.29, 0.717) is 5.56 Å². The van der Waals surface area contributed by atoms with Crippen molar-refractivity contribution in [3.8, 4) is 0 Å². The predicted molar refractivity (Wildman–Crippen MR) is 59.9 cm³/mol. The number of benzene rings is 1. The van der Waals surface area contributed by atoms with Crippen LogP contribution in [-0.2, 0) is 11.3 Å². The van der Waals surface area contributed by atoms with Gasteiger partial charge >= 0.3 is 0 Å². The molecule has 1 aliphatic rings. The van der Waals surface area contributed by atoms with E-state index in [9.17, 15) is 9.50 Å². The van der Waals surface area contributed by atoms with E-state index in [-0.39, 0.29) is 18.5 Å². The fraction of sp³-hybridized carbons (Fsp3) is 0.500. The maximum Gasteiger partial charge on any atom is 0.123 e. The van der Waals surface area contributed by atoms with Gasteiger partial charge in [-0.3, -0.25) is 0 Å². The second kappa shape index (κ2) is 4.80. The molecule has 1 heterocycles. The van der Waals surface area contributed by atoms with Gasteiger partial charge in [0.2, 0.25) is 0 Å². The number of aliphatic hydroxyl groups is 1. The fourth-order valence-electron chi connectivity index (χ4n) is 2.13. The summed E-state index contributed by atoms with van der Waals surface area (Å²) in [5.74, 6) is -0.310. The summed E-state index contributed by atoms with van der Waals surface area (Å²) in [5, 5.41) is 9.20. The maximum absolute atomic E-state index is 13.0. The second-order valence-corrected chi connectivity index (χ2v) is 4.02. The second-order valence-electron chi connectivity index (χ2n) is 4.02. The predicted octanol–water partition coefficient (Wildman–Crippen LogP) is 1.54. The van der Waals surface area contributed by atoms with Crippen molar-refractivity contribution in [2.45, 2.75) is 19.1 Å². The molecular formula is C12H16FNO2. The van der Waals surface area contributed by atoms with E-state index in [1.54, 1.807) is 13.2 Å². The monoisotopic (exact) mass is 225 g/mol. The summed E-state index contributed by atoms with van der Waals surface area (Å²) in [4.78, 5) is 2.12. The molecule has 0 saturated carbocycles. The van der Waals surface area contributed by atoms with Gasteiger partial charge in [-0.05, 0) is 24.6 Å². The topological polar surface area (TPSA) is 32.7 Å². The SMILES string of the molecule is COC1CCN(c2ccc(F)cc2CO)C1. The van der Waals surface area contributed by atoms with Gasteiger partial charge < -0.3 is 14.7 Å². The quantitative estimate of drug-likeness (QED) is 0.847. The summed E-state index contributed by atoms with van der Waals surface area (Å²) < 4.78 is 18.3. The van der Waals surface area contributed by atoms with Crippen LogP contribution in [0.15, 0.2) is 18.2 Å². The Morgan fingerprint density at radius 1 is 1.56 bits per heavy atom. The molecule has 0 aromatic heterocycles. The van der Waals surface area contributed by atoms with Crippen molar-refractivity contribution in [3.63, 3.8) is 0 Å². The molecule has 2 rings (SSSR count). The third kappa shape index (κ3) is 2.18. The van der Waals surface area contributed by atoms with E-state index in [1.807, 2.05) is 0 Å². The molecule has 0 aliphatic carbocycles. The molecule has 0 radical (unpaired) electrons. The summed E-state index contributed by atoms with van der Waals surface area (Å²) >= 11 is 0. The normalized spacial score (nSPS) is 20.4. The smallest absolute Gasteiger partial charge is 0.123 e. The van der Waals surface area contributed by atoms with Gasteiger partial charge in [-0.2, -0.15) is 0 Å². The van der Waals surface area contributed by atoms with Crippen LogP contribution in [0.25, 0.3) is 0 Å². The summed E-state index contributed by atoms with van der Waals surface area (Å²) in [5.41, 5.74) is 1.54. The molecule has 0 spiro atoms. The standard InChI is InChI=1S/C12H16FNO2/c1-16-11-4-5-14(7-11)12-3-2-10(13)6-9(12)8-15/h2-3,6,11,15H,4-5,7-8H2,1H3. The highest BCUT2D eigenvalue weighted by Gasteiger charge is 2.23. The number of anilines is 1. The van der Waals surface area contributed by atoms with Crippen LogP contribution in [0.5, 0.6) is 0 Å². The number of aliphatic hydroxyl groups excluding tert-OH is 1. The van der Waals surface area contributed by atoms with Crippen LogP contribution in [0.2, 0.25) is 0 Å². The molecule has 1 aliphatic heterocycles. The summed E-state index contributed by atoms with van der Waals surface area (Å²) in [7, 11) is 1.70. The lowest BCUT2D eigenvalue weighted by Gasteiger charge is -2.21. The lowest BCUT2D eigenvalue weighted by atomic mass is 10.1. The molecule has 0 bridgehead atoms. The van der Waals surface area contributed by atoms with Gasteiger partial charge in [0.1, 0.15) is 5.82 Å². The van der Waals surface area contributed by atoms with Crippen molar-refractivity contribution in [2.75, 3.05) is 25.1 Å². The first kappa shape index (κ1) is 11.4. The first-order valence-electron chi connectivity index (χ1n) is 5.41. The molecule has 1 unspecified atom stereocenters. The summed E-state index contributed by atoms with van der Waals surface area (Å²) in [6.07, 6.45) is 1.20. The number of rotatable bonds is 3. The van der Waals surface area contributed by atoms with Crippen LogP contribution < -0.4 is 4.90 Å². The number of hydrogen-bond acceptors (Lipinski definition) is 3. The Morgan fingerprint density at radius 3 is 3.00 bits per heavy atom. The number of methoxy groups -OCH3 is 1. The lowest BCUT2D eigenvalue weighted by Crippen LogP contribution is -2.23. The Bertz CT molecular complexity index is 370. The average molecular weight is 225 g/mol. The van der Waals surface area contributed by atoms with Gasteiger partial charge in [0, 0.05) is 31.5 Å². The van der Waals surface area contributed by atoms with Crippen LogP contribution >= 0.6 is 0 Å². The molecule has 1 atom stereocenters. The van der Waals surface area contributed by atoms with Crippen molar-refractivity contribution in [1.29, 1.82) is 0 Å². The Kier molecular flexibility index (Phi) is 3.41. The molecule has 1 aromatic rings. The zero-order valence-corrected chi connectivity index (χ0v) is 9.32. The average Bonchev–Trinajstić information content (AvgIpc) is 2.77. The molecular weight excluding hydrogens is 209 g/mol. The third-order valence-corrected chi connectivity index (χ3v) is 3.03. The minimum atomic E-state index is -0.310. The van der Waals surface area contributed by atoms with Crippen LogP contribution in [0, 0.1) is 5.82 Å². The number of ether oxygens (including phenoxy) is 1. The van der Waals surface area contributed by atoms with Crippen molar-refractivity contribution in [3.05, 3.63) is 29.6 Å². The van der Waals surface area contributed by atoms with Crippen molar-refractivity contribution < 1.29 is 14.2 Å². The van der Waals surface area contributed by atoms with Gasteiger partial charge in [0.05, 0.1) is 12.7 Å². The zero-order chi connectivity index (χ0) is 11.5. The Labute approximate surface area is 94.4 Å². The molecule has 1 N–H and O–H groups in total. The highest BCUT2D eigenvalue weighted by Crippen LogP contribution is 2.26. The van der Waals surface area contributed by atoms with E-state index in [2.05, 4.69) is 4.90 Å². The first-order valence-corrected chi connectivity index (χ1v) is 5.41. The summed E-state index contributed by atoms with van der Waals surface area (Å²) in [6.45, 7) is 1.55. The van der Waals surface area contributed by atoms with Crippen molar-refractivity contribution in [2.24, 2.45) is 0 Å². The molecule has 1 aromatic carbocycles. The van der Waals surface area contributed by atoms with E-state index in [0.717, 1.165) is 25.2 Å². The molecule has 88 valence electrons. The first-order chi connectivity index (χ1) is 7.74. The minimum absolute atomic E-state index is 0.138. The highest BCUT2D eigenvalue weighted by molar-refractivity contribution is 5.54. The van der Waals surface area contributed by atoms with Crippen LogP contribution in [0.3, 0.4) is 0 Å². The molecule has 0 amide bonds. The van der Waals surface area contributed by atoms with Gasteiger partial charge in [-0.1, -0.05) is 0 Å². The molecule has 1 fully saturated rings. The van der Waals surface area contributed by atoms with Gasteiger partial charge in [0.25, 0.3) is 0 Å². The van der Waals surface area contributed by atoms with E-state index in [4.69, 9.17) is 4.74 Å². The Hall–Kier alpha value is -1.13. The fourth-order valence-corrected chi connectivity index (χ4v) is 2.13. The van der Waals surface area contributed by atoms with Crippen LogP contribution in [-0.4, -0.2) is 31.4 Å². The minimum Gasteiger partial charge on any atom is -0.392 e. The van der Waals surface area contributed by atoms with Gasteiger partial charge in [-0.15, -0.1) is 0 Å².